The van der Waals surface area contributed by atoms with Gasteiger partial charge in [0, 0.05) is 11.1 Å². The van der Waals surface area contributed by atoms with Crippen molar-refractivity contribution in [3.05, 3.63) is 71.8 Å². The summed E-state index contributed by atoms with van der Waals surface area (Å²) in [6, 6.07) is 19.0. The topological polar surface area (TPSA) is 34.1 Å². The minimum Gasteiger partial charge on any atom is -0.298 e. The van der Waals surface area contributed by atoms with Crippen LogP contribution in [-0.4, -0.2) is 12.6 Å². The third-order valence-corrected chi connectivity index (χ3v) is 3.42. The van der Waals surface area contributed by atoms with Gasteiger partial charge in [-0.15, -0.1) is 0 Å². The highest BCUT2D eigenvalue weighted by Gasteiger charge is 2.08. The van der Waals surface area contributed by atoms with E-state index in [1.54, 1.807) is 6.07 Å². The number of carbonyl (C=O) groups is 2. The van der Waals surface area contributed by atoms with Gasteiger partial charge in [-0.05, 0) is 34.0 Å². The standard InChI is InChI=1S/C18H12O2/c19-11-14-6-2-4-8-18(14)15-9-13-5-1-3-7-17(13)16(10-15)12-20/h1-12H. The molecule has 0 fully saturated rings. The van der Waals surface area contributed by atoms with Gasteiger partial charge in [0.2, 0.25) is 0 Å². The van der Waals surface area contributed by atoms with Crippen molar-refractivity contribution < 1.29 is 9.59 Å². The summed E-state index contributed by atoms with van der Waals surface area (Å²) in [7, 11) is 0. The molecule has 0 saturated carbocycles. The van der Waals surface area contributed by atoms with E-state index in [9.17, 15) is 9.59 Å². The van der Waals surface area contributed by atoms with Crippen LogP contribution < -0.4 is 0 Å². The molecule has 3 rings (SSSR count). The van der Waals surface area contributed by atoms with E-state index < -0.39 is 0 Å². The highest BCUT2D eigenvalue weighted by Crippen LogP contribution is 2.28. The molecule has 0 N–H and O–H groups in total. The van der Waals surface area contributed by atoms with Crippen molar-refractivity contribution in [3.63, 3.8) is 0 Å². The second-order valence-electron chi connectivity index (χ2n) is 4.61. The number of carbonyl (C=O) groups excluding carboxylic acids is 2. The zero-order valence-electron chi connectivity index (χ0n) is 10.7. The van der Waals surface area contributed by atoms with Crippen LogP contribution >= 0.6 is 0 Å². The minimum atomic E-state index is 0.625. The van der Waals surface area contributed by atoms with E-state index in [1.807, 2.05) is 54.6 Å². The fraction of sp³-hybridized carbons (Fsp3) is 0. The maximum Gasteiger partial charge on any atom is 0.150 e. The SMILES string of the molecule is O=Cc1ccccc1-c1cc(C=O)c2ccccc2c1. The molecule has 0 aliphatic rings. The van der Waals surface area contributed by atoms with Crippen LogP contribution in [0.5, 0.6) is 0 Å². The summed E-state index contributed by atoms with van der Waals surface area (Å²) in [5.41, 5.74) is 2.99. The Morgan fingerprint density at radius 2 is 1.40 bits per heavy atom. The van der Waals surface area contributed by atoms with Crippen molar-refractivity contribution in [2.24, 2.45) is 0 Å². The first-order valence-electron chi connectivity index (χ1n) is 6.36. The van der Waals surface area contributed by atoms with Gasteiger partial charge in [0.15, 0.2) is 12.6 Å². The molecule has 96 valence electrons. The first-order valence-corrected chi connectivity index (χ1v) is 6.36. The van der Waals surface area contributed by atoms with Gasteiger partial charge in [-0.3, -0.25) is 9.59 Å². The third-order valence-electron chi connectivity index (χ3n) is 3.42. The summed E-state index contributed by atoms with van der Waals surface area (Å²) in [5, 5.41) is 1.92. The Kier molecular flexibility index (Phi) is 3.13. The lowest BCUT2D eigenvalue weighted by molar-refractivity contribution is 0.111. The number of benzene rings is 3. The van der Waals surface area contributed by atoms with Crippen LogP contribution in [0.4, 0.5) is 0 Å². The number of hydrogen-bond acceptors (Lipinski definition) is 2. The number of fused-ring (bicyclic) bond motifs is 1. The highest BCUT2D eigenvalue weighted by molar-refractivity contribution is 6.02. The monoisotopic (exact) mass is 260 g/mol. The van der Waals surface area contributed by atoms with Crippen LogP contribution in [-0.2, 0) is 0 Å². The molecule has 2 nitrogen and oxygen atoms in total. The second-order valence-corrected chi connectivity index (χ2v) is 4.61. The predicted molar refractivity (Wildman–Crippen MR) is 80.2 cm³/mol. The third kappa shape index (κ3) is 2.01. The van der Waals surface area contributed by atoms with E-state index >= 15 is 0 Å². The van der Waals surface area contributed by atoms with Gasteiger partial charge in [0.25, 0.3) is 0 Å². The first kappa shape index (κ1) is 12.3. The van der Waals surface area contributed by atoms with Gasteiger partial charge >= 0.3 is 0 Å². The zero-order chi connectivity index (χ0) is 13.9. The molecule has 0 atom stereocenters. The van der Waals surface area contributed by atoms with Gasteiger partial charge < -0.3 is 0 Å². The Morgan fingerprint density at radius 1 is 0.700 bits per heavy atom. The lowest BCUT2D eigenvalue weighted by Gasteiger charge is -2.08. The van der Waals surface area contributed by atoms with Gasteiger partial charge in [0.05, 0.1) is 0 Å². The van der Waals surface area contributed by atoms with Crippen molar-refractivity contribution in [1.82, 2.24) is 0 Å². The van der Waals surface area contributed by atoms with Gasteiger partial charge in [-0.25, -0.2) is 0 Å². The maximum atomic E-state index is 11.3. The molecule has 3 aromatic rings. The van der Waals surface area contributed by atoms with E-state index in [1.165, 1.54) is 0 Å². The van der Waals surface area contributed by atoms with Crippen molar-refractivity contribution in [2.45, 2.75) is 0 Å². The lowest BCUT2D eigenvalue weighted by Crippen LogP contribution is -1.90. The molecule has 0 saturated heterocycles. The number of aldehydes is 2. The average Bonchev–Trinajstić information content (AvgIpc) is 2.53. The van der Waals surface area contributed by atoms with Crippen LogP contribution in [0.1, 0.15) is 20.7 Å². The summed E-state index contributed by atoms with van der Waals surface area (Å²) < 4.78 is 0. The van der Waals surface area contributed by atoms with E-state index in [-0.39, 0.29) is 0 Å². The van der Waals surface area contributed by atoms with Crippen molar-refractivity contribution >= 4 is 23.3 Å². The Balaban J connectivity index is 2.32. The summed E-state index contributed by atoms with van der Waals surface area (Å²) in [6.45, 7) is 0. The summed E-state index contributed by atoms with van der Waals surface area (Å²) in [5.74, 6) is 0. The molecule has 0 aliphatic heterocycles. The minimum absolute atomic E-state index is 0.625. The Labute approximate surface area is 116 Å². The Bertz CT molecular complexity index is 803. The lowest BCUT2D eigenvalue weighted by atomic mass is 9.95. The molecule has 0 radical (unpaired) electrons. The van der Waals surface area contributed by atoms with Crippen LogP contribution in [0, 0.1) is 0 Å². The Morgan fingerprint density at radius 3 is 2.20 bits per heavy atom. The molecule has 0 amide bonds. The first-order chi connectivity index (χ1) is 9.83. The summed E-state index contributed by atoms with van der Waals surface area (Å²) in [4.78, 5) is 22.4. The smallest absolute Gasteiger partial charge is 0.150 e. The molecular weight excluding hydrogens is 248 g/mol. The van der Waals surface area contributed by atoms with Gasteiger partial charge in [-0.1, -0.05) is 48.5 Å². The molecule has 20 heavy (non-hydrogen) atoms. The fourth-order valence-electron chi connectivity index (χ4n) is 2.46. The number of rotatable bonds is 3. The van der Waals surface area contributed by atoms with Crippen LogP contribution in [0.3, 0.4) is 0 Å². The van der Waals surface area contributed by atoms with Crippen LogP contribution in [0.25, 0.3) is 21.9 Å². The summed E-state index contributed by atoms with van der Waals surface area (Å²) >= 11 is 0. The normalized spacial score (nSPS) is 10.4. The van der Waals surface area contributed by atoms with E-state index in [0.717, 1.165) is 34.5 Å². The molecular formula is C18H12O2. The van der Waals surface area contributed by atoms with E-state index in [2.05, 4.69) is 0 Å². The van der Waals surface area contributed by atoms with E-state index in [0.29, 0.717) is 11.1 Å². The molecule has 0 heterocycles. The Hall–Kier alpha value is -2.74. The van der Waals surface area contributed by atoms with Gasteiger partial charge in [0.1, 0.15) is 0 Å². The predicted octanol–water partition coefficient (Wildman–Crippen LogP) is 4.13. The van der Waals surface area contributed by atoms with Crippen molar-refractivity contribution in [2.75, 3.05) is 0 Å². The van der Waals surface area contributed by atoms with E-state index in [4.69, 9.17) is 0 Å². The quantitative estimate of drug-likeness (QED) is 0.663. The van der Waals surface area contributed by atoms with Gasteiger partial charge in [-0.2, -0.15) is 0 Å². The van der Waals surface area contributed by atoms with Crippen LogP contribution in [0.15, 0.2) is 60.7 Å². The van der Waals surface area contributed by atoms with Crippen LogP contribution in [0.2, 0.25) is 0 Å². The zero-order valence-corrected chi connectivity index (χ0v) is 10.7. The molecule has 2 heteroatoms. The average molecular weight is 260 g/mol. The molecule has 0 spiro atoms. The number of hydrogen-bond donors (Lipinski definition) is 0. The molecule has 0 bridgehead atoms. The van der Waals surface area contributed by atoms with Crippen molar-refractivity contribution in [1.29, 1.82) is 0 Å². The maximum absolute atomic E-state index is 11.3. The highest BCUT2D eigenvalue weighted by atomic mass is 16.1. The molecule has 0 aliphatic carbocycles. The van der Waals surface area contributed by atoms with Crippen molar-refractivity contribution in [3.8, 4) is 11.1 Å². The second kappa shape index (κ2) is 5.10. The summed E-state index contributed by atoms with van der Waals surface area (Å²) in [6.07, 6.45) is 1.69. The molecule has 0 unspecified atom stereocenters. The largest absolute Gasteiger partial charge is 0.298 e. The fourth-order valence-corrected chi connectivity index (χ4v) is 2.46. The molecule has 3 aromatic carbocycles. The molecule has 0 aromatic heterocycles.